The SMILES string of the molecule is CC(C)(C)c1ccc(N(c2ccc(C(C)(C)C)cc2)c2ccc3c(c2)N(c2cccc4c2oc2cc(C(C)(C)C)ccc24)c2cc(N(c4ccc(C(C)(C)C)cc4)c4ccc(C(C)(C)C)cc4)cc4c2B3c2cccc3c5c6ccccc6sc5n-4c23)cc1. The van der Waals surface area contributed by atoms with Gasteiger partial charge < -0.3 is 23.7 Å². The summed E-state index contributed by atoms with van der Waals surface area (Å²) in [6.07, 6.45) is 0. The van der Waals surface area contributed by atoms with E-state index in [2.05, 4.69) is 329 Å². The van der Waals surface area contributed by atoms with Crippen LogP contribution in [-0.4, -0.2) is 11.3 Å². The van der Waals surface area contributed by atoms with E-state index in [1.807, 2.05) is 11.3 Å². The summed E-state index contributed by atoms with van der Waals surface area (Å²) in [6, 6.07) is 79.1. The quantitative estimate of drug-likeness (QED) is 0.149. The van der Waals surface area contributed by atoms with Crippen LogP contribution in [0.3, 0.4) is 0 Å². The van der Waals surface area contributed by atoms with E-state index in [9.17, 15) is 0 Å². The van der Waals surface area contributed by atoms with E-state index in [1.165, 1.54) is 81.1 Å². The average molecular weight is 1180 g/mol. The van der Waals surface area contributed by atoms with E-state index in [4.69, 9.17) is 4.42 Å². The summed E-state index contributed by atoms with van der Waals surface area (Å²) in [5.74, 6) is 0. The molecule has 0 spiro atoms. The summed E-state index contributed by atoms with van der Waals surface area (Å²) in [5.41, 5.74) is 24.0. The van der Waals surface area contributed by atoms with E-state index in [1.54, 1.807) is 0 Å². The topological polar surface area (TPSA) is 27.8 Å². The Balaban J connectivity index is 1.07. The normalized spacial score (nSPS) is 13.5. The van der Waals surface area contributed by atoms with Crippen molar-refractivity contribution in [2.24, 2.45) is 0 Å². The van der Waals surface area contributed by atoms with Crippen molar-refractivity contribution in [2.75, 3.05) is 14.7 Å². The average Bonchev–Trinajstić information content (AvgIpc) is 1.63. The summed E-state index contributed by atoms with van der Waals surface area (Å²) < 4.78 is 11.3. The lowest BCUT2D eigenvalue weighted by atomic mass is 9.34. The molecule has 0 N–H and O–H groups in total. The van der Waals surface area contributed by atoms with Crippen molar-refractivity contribution < 1.29 is 4.42 Å². The second-order valence-electron chi connectivity index (χ2n) is 30.3. The maximum atomic E-state index is 7.40. The number of anilines is 9. The lowest BCUT2D eigenvalue weighted by molar-refractivity contribution is 0.587. The van der Waals surface area contributed by atoms with E-state index in [0.717, 1.165) is 73.1 Å². The van der Waals surface area contributed by atoms with Gasteiger partial charge in [0.1, 0.15) is 10.4 Å². The highest BCUT2D eigenvalue weighted by Gasteiger charge is 2.44. The van der Waals surface area contributed by atoms with Gasteiger partial charge in [0.2, 0.25) is 0 Å². The fourth-order valence-corrected chi connectivity index (χ4v) is 15.4. The molecule has 5 nitrogen and oxygen atoms in total. The van der Waals surface area contributed by atoms with E-state index in [0.29, 0.717) is 0 Å². The first-order chi connectivity index (χ1) is 42.3. The van der Waals surface area contributed by atoms with Crippen molar-refractivity contribution >= 4 is 139 Å². The Kier molecular flexibility index (Phi) is 12.7. The standard InChI is InChI=1S/C82H79BN4OS/c1-78(2,3)50-26-35-55(36-27-50)84(56-37-28-51(29-38-56)79(4,5)6)59-43-45-65-68(47-59)86(67-24-19-21-62-61-44-34-54(82(13,14)15)46-71(61)88-76(62)67)69-48-60(85(57-39-30-52(31-40-57)80(7,8)9)58-41-32-53(33-42-58)81(10,11)12)49-70-74(69)83(65)66-23-18-22-64-73-63-20-16-17-25-72(63)89-77(73)87(70)75(64)66/h16-49H,1-15H3. The number of furan rings is 1. The van der Waals surface area contributed by atoms with Crippen molar-refractivity contribution in [2.45, 2.75) is 131 Å². The van der Waals surface area contributed by atoms with Gasteiger partial charge in [0.05, 0.1) is 16.9 Å². The zero-order valence-corrected chi connectivity index (χ0v) is 55.1. The zero-order valence-electron chi connectivity index (χ0n) is 54.3. The molecule has 0 unspecified atom stereocenters. The summed E-state index contributed by atoms with van der Waals surface area (Å²) in [4.78, 5) is 8.80. The molecule has 15 rings (SSSR count). The smallest absolute Gasteiger partial charge is 0.252 e. The highest BCUT2D eigenvalue weighted by molar-refractivity contribution is 7.26. The summed E-state index contributed by atoms with van der Waals surface area (Å²) in [7, 11) is 0. The maximum Gasteiger partial charge on any atom is 0.252 e. The van der Waals surface area contributed by atoms with Gasteiger partial charge in [0.15, 0.2) is 5.58 Å². The predicted molar refractivity (Wildman–Crippen MR) is 386 cm³/mol. The van der Waals surface area contributed by atoms with Gasteiger partial charge in [-0.15, -0.1) is 11.3 Å². The first-order valence-corrected chi connectivity index (χ1v) is 32.7. The van der Waals surface area contributed by atoms with Crippen LogP contribution < -0.4 is 31.1 Å². The fourth-order valence-electron chi connectivity index (χ4n) is 14.2. The Morgan fingerprint density at radius 2 is 0.820 bits per heavy atom. The minimum absolute atomic E-state index is 0.00656. The molecule has 0 radical (unpaired) electrons. The summed E-state index contributed by atoms with van der Waals surface area (Å²) in [6.45, 7) is 34.3. The molecule has 10 aromatic carbocycles. The Bertz CT molecular complexity index is 4850. The van der Waals surface area contributed by atoms with Crippen molar-refractivity contribution in [3.63, 3.8) is 0 Å². The van der Waals surface area contributed by atoms with Gasteiger partial charge in [0, 0.05) is 77.1 Å². The highest BCUT2D eigenvalue weighted by atomic mass is 32.1. The number of benzene rings is 10. The molecule has 0 fully saturated rings. The molecule has 0 atom stereocenters. The number of hydrogen-bond acceptors (Lipinski definition) is 5. The molecular weight excluding hydrogens is 1100 g/mol. The van der Waals surface area contributed by atoms with E-state index >= 15 is 0 Å². The van der Waals surface area contributed by atoms with Crippen LogP contribution in [0, 0.1) is 0 Å². The molecular formula is C82H79BN4OS. The number of aromatic nitrogens is 1. The van der Waals surface area contributed by atoms with Gasteiger partial charge in [0.25, 0.3) is 6.71 Å². The Morgan fingerprint density at radius 3 is 1.37 bits per heavy atom. The van der Waals surface area contributed by atoms with E-state index < -0.39 is 0 Å². The van der Waals surface area contributed by atoms with Crippen LogP contribution >= 0.6 is 11.3 Å². The largest absolute Gasteiger partial charge is 0.454 e. The van der Waals surface area contributed by atoms with Crippen molar-refractivity contribution in [1.82, 2.24) is 4.57 Å². The van der Waals surface area contributed by atoms with Crippen LogP contribution in [0.1, 0.15) is 132 Å². The molecule has 0 saturated heterocycles. The number of rotatable bonds is 7. The molecule has 89 heavy (non-hydrogen) atoms. The first-order valence-electron chi connectivity index (χ1n) is 31.8. The molecule has 2 aliphatic heterocycles. The number of thiophene rings is 1. The van der Waals surface area contributed by atoms with Gasteiger partial charge in [-0.2, -0.15) is 0 Å². The number of hydrogen-bond donors (Lipinski definition) is 0. The fraction of sp³-hybridized carbons (Fsp3) is 0.244. The van der Waals surface area contributed by atoms with Gasteiger partial charge in [-0.1, -0.05) is 219 Å². The third kappa shape index (κ3) is 9.23. The summed E-state index contributed by atoms with van der Waals surface area (Å²) >= 11 is 1.90. The van der Waals surface area contributed by atoms with Gasteiger partial charge >= 0.3 is 0 Å². The Hall–Kier alpha value is -8.78. The van der Waals surface area contributed by atoms with Crippen LogP contribution in [-0.2, 0) is 27.1 Å². The molecule has 2 aliphatic rings. The molecule has 5 heterocycles. The zero-order chi connectivity index (χ0) is 62.0. The van der Waals surface area contributed by atoms with Crippen LogP contribution in [0.2, 0.25) is 0 Å². The van der Waals surface area contributed by atoms with Crippen molar-refractivity contribution in [3.8, 4) is 5.69 Å². The molecule has 0 aliphatic carbocycles. The van der Waals surface area contributed by atoms with Gasteiger partial charge in [-0.3, -0.25) is 0 Å². The number of nitrogens with zero attached hydrogens (tertiary/aromatic N) is 4. The second kappa shape index (κ2) is 19.9. The third-order valence-electron chi connectivity index (χ3n) is 19.2. The Morgan fingerprint density at radius 1 is 0.360 bits per heavy atom. The first kappa shape index (κ1) is 56.7. The second-order valence-corrected chi connectivity index (χ2v) is 31.4. The van der Waals surface area contributed by atoms with Crippen molar-refractivity contribution in [3.05, 3.63) is 234 Å². The van der Waals surface area contributed by atoms with Crippen molar-refractivity contribution in [1.29, 1.82) is 0 Å². The molecule has 3 aromatic heterocycles. The van der Waals surface area contributed by atoms with Crippen LogP contribution in [0.15, 0.2) is 211 Å². The summed E-state index contributed by atoms with van der Waals surface area (Å²) in [5, 5.41) is 6.09. The van der Waals surface area contributed by atoms with Crippen LogP contribution in [0.4, 0.5) is 51.2 Å². The molecule has 0 bridgehead atoms. The number of para-hydroxylation sites is 2. The molecule has 7 heteroatoms. The van der Waals surface area contributed by atoms with Crippen LogP contribution in [0.25, 0.3) is 58.8 Å². The monoisotopic (exact) mass is 1180 g/mol. The van der Waals surface area contributed by atoms with Crippen LogP contribution in [0.5, 0.6) is 0 Å². The molecule has 442 valence electrons. The minimum Gasteiger partial charge on any atom is -0.454 e. The minimum atomic E-state index is -0.124. The molecule has 0 amide bonds. The Labute approximate surface area is 529 Å². The lowest BCUT2D eigenvalue weighted by Crippen LogP contribution is -2.60. The molecule has 13 aromatic rings. The van der Waals surface area contributed by atoms with Gasteiger partial charge in [-0.25, -0.2) is 0 Å². The predicted octanol–water partition coefficient (Wildman–Crippen LogP) is 21.9. The van der Waals surface area contributed by atoms with E-state index in [-0.39, 0.29) is 33.8 Å². The maximum absolute atomic E-state index is 7.40. The lowest BCUT2D eigenvalue weighted by Gasteiger charge is -2.42. The highest BCUT2D eigenvalue weighted by Crippen LogP contribution is 2.52. The molecule has 0 saturated carbocycles. The third-order valence-corrected chi connectivity index (χ3v) is 20.3. The number of fused-ring (bicyclic) bond motifs is 12. The van der Waals surface area contributed by atoms with Gasteiger partial charge in [-0.05, 0) is 162 Å².